The SMILES string of the molecule is CC1(C)CCCN(C(=O)N2CCSCC2CC(=O)O)CC1. The summed E-state index contributed by atoms with van der Waals surface area (Å²) >= 11 is 1.74. The van der Waals surface area contributed by atoms with E-state index in [2.05, 4.69) is 13.8 Å². The molecule has 2 saturated heterocycles. The third kappa shape index (κ3) is 4.53. The first-order valence-electron chi connectivity index (χ1n) is 7.74. The zero-order valence-electron chi connectivity index (χ0n) is 13.0. The maximum Gasteiger partial charge on any atom is 0.320 e. The number of thioether (sulfide) groups is 1. The van der Waals surface area contributed by atoms with Crippen LogP contribution in [-0.2, 0) is 4.79 Å². The van der Waals surface area contributed by atoms with Gasteiger partial charge in [-0.05, 0) is 24.7 Å². The predicted molar refractivity (Wildman–Crippen MR) is 84.7 cm³/mol. The van der Waals surface area contributed by atoms with E-state index < -0.39 is 5.97 Å². The third-order valence-electron chi connectivity index (χ3n) is 4.49. The molecular formula is C15H26N2O3S. The average molecular weight is 314 g/mol. The Bertz CT molecular complexity index is 400. The Morgan fingerprint density at radius 3 is 2.71 bits per heavy atom. The Labute approximate surface area is 131 Å². The van der Waals surface area contributed by atoms with E-state index in [1.165, 1.54) is 0 Å². The number of carboxylic acids is 1. The van der Waals surface area contributed by atoms with Crippen LogP contribution in [0.15, 0.2) is 0 Å². The number of nitrogens with zero attached hydrogens (tertiary/aromatic N) is 2. The van der Waals surface area contributed by atoms with Gasteiger partial charge in [-0.1, -0.05) is 13.8 Å². The van der Waals surface area contributed by atoms with Crippen LogP contribution in [0.1, 0.15) is 39.5 Å². The van der Waals surface area contributed by atoms with Gasteiger partial charge >= 0.3 is 12.0 Å². The van der Waals surface area contributed by atoms with Gasteiger partial charge < -0.3 is 14.9 Å². The van der Waals surface area contributed by atoms with Crippen molar-refractivity contribution in [2.24, 2.45) is 5.41 Å². The number of rotatable bonds is 2. The van der Waals surface area contributed by atoms with E-state index in [4.69, 9.17) is 5.11 Å². The smallest absolute Gasteiger partial charge is 0.320 e. The number of urea groups is 1. The van der Waals surface area contributed by atoms with E-state index in [1.807, 2.05) is 4.90 Å². The van der Waals surface area contributed by atoms with Crippen LogP contribution >= 0.6 is 11.8 Å². The first-order chi connectivity index (χ1) is 9.89. The van der Waals surface area contributed by atoms with Gasteiger partial charge in [0.25, 0.3) is 0 Å². The molecular weight excluding hydrogens is 288 g/mol. The molecule has 0 saturated carbocycles. The summed E-state index contributed by atoms with van der Waals surface area (Å²) in [6, 6.07) is -0.121. The molecule has 0 aromatic carbocycles. The van der Waals surface area contributed by atoms with E-state index in [1.54, 1.807) is 16.7 Å². The van der Waals surface area contributed by atoms with Crippen molar-refractivity contribution < 1.29 is 14.7 Å². The fourth-order valence-corrected chi connectivity index (χ4v) is 4.14. The lowest BCUT2D eigenvalue weighted by atomic mass is 9.85. The van der Waals surface area contributed by atoms with Crippen molar-refractivity contribution in [2.75, 3.05) is 31.1 Å². The third-order valence-corrected chi connectivity index (χ3v) is 5.59. The number of carbonyl (C=O) groups is 2. The van der Waals surface area contributed by atoms with Gasteiger partial charge in [-0.3, -0.25) is 4.79 Å². The lowest BCUT2D eigenvalue weighted by molar-refractivity contribution is -0.138. The molecule has 0 radical (unpaired) electrons. The molecule has 1 N–H and O–H groups in total. The molecule has 1 unspecified atom stereocenters. The molecule has 0 bridgehead atoms. The maximum atomic E-state index is 12.8. The van der Waals surface area contributed by atoms with Gasteiger partial charge in [0.05, 0.1) is 12.5 Å². The molecule has 6 heteroatoms. The quantitative estimate of drug-likeness (QED) is 0.851. The number of likely N-dealkylation sites (tertiary alicyclic amines) is 1. The summed E-state index contributed by atoms with van der Waals surface area (Å²) in [6.07, 6.45) is 3.25. The molecule has 0 spiro atoms. The fraction of sp³-hybridized carbons (Fsp3) is 0.867. The molecule has 2 rings (SSSR count). The van der Waals surface area contributed by atoms with E-state index in [-0.39, 0.29) is 18.5 Å². The van der Waals surface area contributed by atoms with Crippen LogP contribution in [-0.4, -0.2) is 64.1 Å². The Balaban J connectivity index is 2.01. The fourth-order valence-electron chi connectivity index (χ4n) is 3.07. The lowest BCUT2D eigenvalue weighted by Gasteiger charge is -2.38. The van der Waals surface area contributed by atoms with Crippen LogP contribution in [0.3, 0.4) is 0 Å². The summed E-state index contributed by atoms with van der Waals surface area (Å²) in [5, 5.41) is 9.03. The van der Waals surface area contributed by atoms with Crippen molar-refractivity contribution in [3.05, 3.63) is 0 Å². The Morgan fingerprint density at radius 2 is 2.00 bits per heavy atom. The summed E-state index contributed by atoms with van der Waals surface area (Å²) in [5.41, 5.74) is 0.299. The molecule has 0 aromatic heterocycles. The van der Waals surface area contributed by atoms with E-state index in [9.17, 15) is 9.59 Å². The Kier molecular flexibility index (Phi) is 5.41. The largest absolute Gasteiger partial charge is 0.481 e. The van der Waals surface area contributed by atoms with Crippen molar-refractivity contribution in [2.45, 2.75) is 45.6 Å². The highest BCUT2D eigenvalue weighted by Gasteiger charge is 2.33. The summed E-state index contributed by atoms with van der Waals surface area (Å²) in [6.45, 7) is 6.76. The molecule has 0 aromatic rings. The number of aliphatic carboxylic acids is 1. The highest BCUT2D eigenvalue weighted by atomic mass is 32.2. The average Bonchev–Trinajstić information content (AvgIpc) is 2.59. The monoisotopic (exact) mass is 314 g/mol. The highest BCUT2D eigenvalue weighted by molar-refractivity contribution is 7.99. The van der Waals surface area contributed by atoms with Gasteiger partial charge in [0.1, 0.15) is 0 Å². The molecule has 2 fully saturated rings. The van der Waals surface area contributed by atoms with Gasteiger partial charge in [0.2, 0.25) is 0 Å². The maximum absolute atomic E-state index is 12.8. The summed E-state index contributed by atoms with van der Waals surface area (Å²) < 4.78 is 0. The van der Waals surface area contributed by atoms with E-state index in [0.29, 0.717) is 12.0 Å². The van der Waals surface area contributed by atoms with Crippen molar-refractivity contribution in [3.63, 3.8) is 0 Å². The van der Waals surface area contributed by atoms with Gasteiger partial charge in [0.15, 0.2) is 0 Å². The van der Waals surface area contributed by atoms with Crippen LogP contribution in [0.2, 0.25) is 0 Å². The number of hydrogen-bond acceptors (Lipinski definition) is 3. The van der Waals surface area contributed by atoms with Gasteiger partial charge in [0, 0.05) is 31.1 Å². The molecule has 5 nitrogen and oxygen atoms in total. The zero-order chi connectivity index (χ0) is 15.5. The molecule has 0 aliphatic carbocycles. The zero-order valence-corrected chi connectivity index (χ0v) is 13.8. The predicted octanol–water partition coefficient (Wildman–Crippen LogP) is 2.51. The summed E-state index contributed by atoms with van der Waals surface area (Å²) in [4.78, 5) is 27.5. The van der Waals surface area contributed by atoms with Crippen molar-refractivity contribution in [1.82, 2.24) is 9.80 Å². The minimum atomic E-state index is -0.822. The second-order valence-corrected chi connectivity index (χ2v) is 7.96. The highest BCUT2D eigenvalue weighted by Crippen LogP contribution is 2.30. The number of amides is 2. The first kappa shape index (κ1) is 16.5. The van der Waals surface area contributed by atoms with Crippen molar-refractivity contribution in [1.29, 1.82) is 0 Å². The number of carboxylic acid groups (broad SMARTS) is 1. The van der Waals surface area contributed by atoms with Crippen LogP contribution in [0, 0.1) is 5.41 Å². The topological polar surface area (TPSA) is 60.9 Å². The summed E-state index contributed by atoms with van der Waals surface area (Å²) in [7, 11) is 0. The Hall–Kier alpha value is -0.910. The van der Waals surface area contributed by atoms with Crippen molar-refractivity contribution in [3.8, 4) is 0 Å². The van der Waals surface area contributed by atoms with Crippen LogP contribution in [0.25, 0.3) is 0 Å². The van der Waals surface area contributed by atoms with Gasteiger partial charge in [-0.15, -0.1) is 0 Å². The standard InChI is InChI=1S/C15H26N2O3S/c1-15(2)4-3-6-16(7-5-15)14(20)17-8-9-21-11-12(17)10-13(18)19/h12H,3-11H2,1-2H3,(H,18,19). The molecule has 2 heterocycles. The van der Waals surface area contributed by atoms with E-state index >= 15 is 0 Å². The van der Waals surface area contributed by atoms with Crippen LogP contribution < -0.4 is 0 Å². The second kappa shape index (κ2) is 6.90. The molecule has 120 valence electrons. The lowest BCUT2D eigenvalue weighted by Crippen LogP contribution is -2.52. The Morgan fingerprint density at radius 1 is 1.24 bits per heavy atom. The molecule has 2 amide bonds. The van der Waals surface area contributed by atoms with Gasteiger partial charge in [-0.2, -0.15) is 11.8 Å². The first-order valence-corrected chi connectivity index (χ1v) is 8.90. The molecule has 2 aliphatic heterocycles. The van der Waals surface area contributed by atoms with Crippen molar-refractivity contribution >= 4 is 23.8 Å². The second-order valence-electron chi connectivity index (χ2n) is 6.81. The molecule has 1 atom stereocenters. The number of carbonyl (C=O) groups excluding carboxylic acids is 1. The minimum absolute atomic E-state index is 0.0410. The van der Waals surface area contributed by atoms with E-state index in [0.717, 1.165) is 43.9 Å². The summed E-state index contributed by atoms with van der Waals surface area (Å²) in [5.74, 6) is 0.816. The minimum Gasteiger partial charge on any atom is -0.481 e. The molecule has 2 aliphatic rings. The normalized spacial score (nSPS) is 26.3. The van der Waals surface area contributed by atoms with Gasteiger partial charge in [-0.25, -0.2) is 4.79 Å². The molecule has 21 heavy (non-hydrogen) atoms. The number of hydrogen-bond donors (Lipinski definition) is 1. The van der Waals surface area contributed by atoms with Crippen LogP contribution in [0.5, 0.6) is 0 Å². The van der Waals surface area contributed by atoms with Crippen LogP contribution in [0.4, 0.5) is 4.79 Å².